The molecule has 98 valence electrons. The van der Waals surface area contributed by atoms with Crippen molar-refractivity contribution in [2.75, 3.05) is 7.11 Å². The molecule has 0 unspecified atom stereocenters. The van der Waals surface area contributed by atoms with Crippen LogP contribution in [-0.2, 0) is 15.1 Å². The zero-order valence-electron chi connectivity index (χ0n) is 11.0. The molecular formula is C15H20O3. The SMILES string of the molecule is CO[C@]1(c2ccccc2C)CC[C@@H](C(=O)O)CC1. The van der Waals surface area contributed by atoms with E-state index in [2.05, 4.69) is 19.1 Å². The minimum absolute atomic E-state index is 0.211. The van der Waals surface area contributed by atoms with E-state index in [1.54, 1.807) is 7.11 Å². The lowest BCUT2D eigenvalue weighted by Gasteiger charge is -2.39. The normalized spacial score (nSPS) is 28.0. The molecule has 1 N–H and O–H groups in total. The second kappa shape index (κ2) is 5.11. The fraction of sp³-hybridized carbons (Fsp3) is 0.533. The third-order valence-electron chi connectivity index (χ3n) is 4.17. The summed E-state index contributed by atoms with van der Waals surface area (Å²) in [6.45, 7) is 2.08. The van der Waals surface area contributed by atoms with Crippen LogP contribution in [0.1, 0.15) is 36.8 Å². The van der Waals surface area contributed by atoms with Crippen LogP contribution in [0.25, 0.3) is 0 Å². The lowest BCUT2D eigenvalue weighted by molar-refractivity contribution is -0.145. The largest absolute Gasteiger partial charge is 0.481 e. The maximum atomic E-state index is 11.0. The number of rotatable bonds is 3. The van der Waals surface area contributed by atoms with E-state index in [-0.39, 0.29) is 11.5 Å². The fourth-order valence-corrected chi connectivity index (χ4v) is 3.00. The molecule has 0 spiro atoms. The van der Waals surface area contributed by atoms with Crippen LogP contribution in [0.15, 0.2) is 24.3 Å². The minimum Gasteiger partial charge on any atom is -0.481 e. The Morgan fingerprint density at radius 2 is 1.94 bits per heavy atom. The van der Waals surface area contributed by atoms with E-state index in [4.69, 9.17) is 9.84 Å². The number of carboxylic acids is 1. The number of carbonyl (C=O) groups is 1. The summed E-state index contributed by atoms with van der Waals surface area (Å²) < 4.78 is 5.78. The highest BCUT2D eigenvalue weighted by Gasteiger charge is 2.39. The number of aryl methyl sites for hydroxylation is 1. The summed E-state index contributed by atoms with van der Waals surface area (Å²) in [4.78, 5) is 11.0. The molecule has 3 heteroatoms. The summed E-state index contributed by atoms with van der Waals surface area (Å²) in [6.07, 6.45) is 2.95. The van der Waals surface area contributed by atoms with Crippen LogP contribution in [0.4, 0.5) is 0 Å². The van der Waals surface area contributed by atoms with Gasteiger partial charge in [-0.05, 0) is 43.7 Å². The van der Waals surface area contributed by atoms with Crippen molar-refractivity contribution in [2.24, 2.45) is 5.92 Å². The molecule has 0 amide bonds. The first-order valence-corrected chi connectivity index (χ1v) is 6.43. The van der Waals surface area contributed by atoms with Gasteiger partial charge in [0.1, 0.15) is 0 Å². The number of benzene rings is 1. The summed E-state index contributed by atoms with van der Waals surface area (Å²) >= 11 is 0. The van der Waals surface area contributed by atoms with Crippen LogP contribution in [0.5, 0.6) is 0 Å². The van der Waals surface area contributed by atoms with E-state index in [0.717, 1.165) is 12.8 Å². The van der Waals surface area contributed by atoms with Gasteiger partial charge in [0.15, 0.2) is 0 Å². The van der Waals surface area contributed by atoms with Crippen LogP contribution in [0.3, 0.4) is 0 Å². The first kappa shape index (κ1) is 13.1. The van der Waals surface area contributed by atoms with Crippen molar-refractivity contribution in [3.63, 3.8) is 0 Å². The molecule has 0 heterocycles. The summed E-state index contributed by atoms with van der Waals surface area (Å²) in [5.41, 5.74) is 2.13. The van der Waals surface area contributed by atoms with E-state index in [1.807, 2.05) is 12.1 Å². The molecule has 1 fully saturated rings. The summed E-state index contributed by atoms with van der Waals surface area (Å²) in [6, 6.07) is 8.22. The minimum atomic E-state index is -0.676. The number of hydrogen-bond acceptors (Lipinski definition) is 2. The molecule has 0 saturated heterocycles. The first-order chi connectivity index (χ1) is 8.59. The van der Waals surface area contributed by atoms with Gasteiger partial charge < -0.3 is 9.84 Å². The number of carboxylic acid groups (broad SMARTS) is 1. The van der Waals surface area contributed by atoms with Gasteiger partial charge in [-0.3, -0.25) is 4.79 Å². The van der Waals surface area contributed by atoms with E-state index in [1.165, 1.54) is 11.1 Å². The van der Waals surface area contributed by atoms with Gasteiger partial charge in [0.2, 0.25) is 0 Å². The molecule has 1 aromatic rings. The molecule has 2 rings (SSSR count). The highest BCUT2D eigenvalue weighted by atomic mass is 16.5. The zero-order valence-corrected chi connectivity index (χ0v) is 11.0. The lowest BCUT2D eigenvalue weighted by Crippen LogP contribution is -2.36. The average Bonchev–Trinajstić information content (AvgIpc) is 2.39. The van der Waals surface area contributed by atoms with Crippen LogP contribution in [0.2, 0.25) is 0 Å². The van der Waals surface area contributed by atoms with Gasteiger partial charge >= 0.3 is 5.97 Å². The molecule has 0 aliphatic heterocycles. The van der Waals surface area contributed by atoms with Gasteiger partial charge in [-0.2, -0.15) is 0 Å². The van der Waals surface area contributed by atoms with Gasteiger partial charge in [-0.25, -0.2) is 0 Å². The lowest BCUT2D eigenvalue weighted by atomic mass is 9.74. The highest BCUT2D eigenvalue weighted by Crippen LogP contribution is 2.43. The summed E-state index contributed by atoms with van der Waals surface area (Å²) in [7, 11) is 1.73. The van der Waals surface area contributed by atoms with Crippen molar-refractivity contribution < 1.29 is 14.6 Å². The van der Waals surface area contributed by atoms with E-state index >= 15 is 0 Å². The fourth-order valence-electron chi connectivity index (χ4n) is 3.00. The number of methoxy groups -OCH3 is 1. The topological polar surface area (TPSA) is 46.5 Å². The predicted octanol–water partition coefficient (Wildman–Crippen LogP) is 3.11. The Kier molecular flexibility index (Phi) is 3.71. The van der Waals surface area contributed by atoms with Crippen molar-refractivity contribution >= 4 is 5.97 Å². The van der Waals surface area contributed by atoms with Crippen molar-refractivity contribution in [3.8, 4) is 0 Å². The third-order valence-corrected chi connectivity index (χ3v) is 4.17. The average molecular weight is 248 g/mol. The van der Waals surface area contributed by atoms with Gasteiger partial charge in [0, 0.05) is 7.11 Å². The molecule has 18 heavy (non-hydrogen) atoms. The van der Waals surface area contributed by atoms with Gasteiger partial charge in [0.05, 0.1) is 11.5 Å². The maximum absolute atomic E-state index is 11.0. The molecule has 0 radical (unpaired) electrons. The number of aliphatic carboxylic acids is 1. The molecule has 0 aromatic heterocycles. The monoisotopic (exact) mass is 248 g/mol. The molecule has 1 aliphatic carbocycles. The molecule has 0 bridgehead atoms. The van der Waals surface area contributed by atoms with Crippen molar-refractivity contribution in [2.45, 2.75) is 38.2 Å². The second-order valence-electron chi connectivity index (χ2n) is 5.13. The van der Waals surface area contributed by atoms with Crippen LogP contribution in [-0.4, -0.2) is 18.2 Å². The molecule has 1 aliphatic rings. The number of hydrogen-bond donors (Lipinski definition) is 1. The molecular weight excluding hydrogens is 228 g/mol. The number of ether oxygens (including phenoxy) is 1. The Balaban J connectivity index is 2.24. The standard InChI is InChI=1S/C15H20O3/c1-11-5-3-4-6-13(11)15(18-2)9-7-12(8-10-15)14(16)17/h3-6,12H,7-10H2,1-2H3,(H,16,17)/t12-,15-. The van der Waals surface area contributed by atoms with Crippen LogP contribution < -0.4 is 0 Å². The Labute approximate surface area is 108 Å². The Morgan fingerprint density at radius 3 is 2.44 bits per heavy atom. The molecule has 3 nitrogen and oxygen atoms in total. The van der Waals surface area contributed by atoms with Gasteiger partial charge in [-0.15, -0.1) is 0 Å². The Morgan fingerprint density at radius 1 is 1.33 bits per heavy atom. The molecule has 1 aromatic carbocycles. The summed E-state index contributed by atoms with van der Waals surface area (Å²) in [5.74, 6) is -0.887. The smallest absolute Gasteiger partial charge is 0.306 e. The molecule has 1 saturated carbocycles. The van der Waals surface area contributed by atoms with Gasteiger partial charge in [-0.1, -0.05) is 24.3 Å². The Hall–Kier alpha value is -1.35. The quantitative estimate of drug-likeness (QED) is 0.894. The second-order valence-corrected chi connectivity index (χ2v) is 5.13. The summed E-state index contributed by atoms with van der Waals surface area (Å²) in [5, 5.41) is 9.07. The molecule has 0 atom stereocenters. The van der Waals surface area contributed by atoms with E-state index in [9.17, 15) is 4.79 Å². The van der Waals surface area contributed by atoms with E-state index in [0.29, 0.717) is 12.8 Å². The predicted molar refractivity (Wildman–Crippen MR) is 69.5 cm³/mol. The van der Waals surface area contributed by atoms with Crippen LogP contribution >= 0.6 is 0 Å². The van der Waals surface area contributed by atoms with Crippen molar-refractivity contribution in [1.29, 1.82) is 0 Å². The first-order valence-electron chi connectivity index (χ1n) is 6.43. The Bertz CT molecular complexity index is 431. The van der Waals surface area contributed by atoms with Crippen molar-refractivity contribution in [3.05, 3.63) is 35.4 Å². The van der Waals surface area contributed by atoms with Crippen LogP contribution in [0, 0.1) is 12.8 Å². The van der Waals surface area contributed by atoms with E-state index < -0.39 is 5.97 Å². The zero-order chi connectivity index (χ0) is 13.2. The third kappa shape index (κ3) is 2.27. The van der Waals surface area contributed by atoms with Crippen molar-refractivity contribution in [1.82, 2.24) is 0 Å². The maximum Gasteiger partial charge on any atom is 0.306 e. The van der Waals surface area contributed by atoms with Gasteiger partial charge in [0.25, 0.3) is 0 Å². The highest BCUT2D eigenvalue weighted by molar-refractivity contribution is 5.70.